The highest BCUT2D eigenvalue weighted by atomic mass is 16.5. The van der Waals surface area contributed by atoms with Crippen LogP contribution in [0.1, 0.15) is 37.0 Å². The minimum absolute atomic E-state index is 0.0399. The number of carbonyl (C=O) groups is 2. The lowest BCUT2D eigenvalue weighted by molar-refractivity contribution is -0.127. The standard InChI is InChI=1S/C26H35N3O3/c1-19(2)17-28-14-15-32-22(18-28)16-27-25(30)21-10-12-29(13-11-21)26(31)24-9-5-7-20-6-3-4-8-23(20)24/h3-9,19,21-22H,10-18H2,1-2H3,(H,27,30). The van der Waals surface area contributed by atoms with E-state index in [9.17, 15) is 9.59 Å². The van der Waals surface area contributed by atoms with E-state index < -0.39 is 0 Å². The van der Waals surface area contributed by atoms with Crippen molar-refractivity contribution in [2.75, 3.05) is 45.9 Å². The third-order valence-corrected chi connectivity index (χ3v) is 6.52. The molecule has 0 saturated carbocycles. The van der Waals surface area contributed by atoms with Crippen molar-refractivity contribution in [1.29, 1.82) is 0 Å². The smallest absolute Gasteiger partial charge is 0.254 e. The molecule has 0 radical (unpaired) electrons. The molecule has 2 aliphatic heterocycles. The number of amides is 2. The second-order valence-corrected chi connectivity index (χ2v) is 9.48. The summed E-state index contributed by atoms with van der Waals surface area (Å²) in [6.45, 7) is 9.86. The summed E-state index contributed by atoms with van der Waals surface area (Å²) < 4.78 is 5.85. The highest BCUT2D eigenvalue weighted by molar-refractivity contribution is 6.07. The Labute approximate surface area is 190 Å². The fraction of sp³-hybridized carbons (Fsp3) is 0.538. The van der Waals surface area contributed by atoms with Gasteiger partial charge in [0.1, 0.15) is 0 Å². The van der Waals surface area contributed by atoms with E-state index in [1.807, 2.05) is 47.4 Å². The summed E-state index contributed by atoms with van der Waals surface area (Å²) in [5.74, 6) is 0.736. The Morgan fingerprint density at radius 3 is 2.59 bits per heavy atom. The SMILES string of the molecule is CC(C)CN1CCOC(CNC(=O)C2CCN(C(=O)c3cccc4ccccc34)CC2)C1. The lowest BCUT2D eigenvalue weighted by Gasteiger charge is -2.35. The Morgan fingerprint density at radius 1 is 1.06 bits per heavy atom. The molecule has 4 rings (SSSR count). The molecular weight excluding hydrogens is 402 g/mol. The maximum absolute atomic E-state index is 13.1. The van der Waals surface area contributed by atoms with Gasteiger partial charge in [0, 0.05) is 50.7 Å². The first-order valence-corrected chi connectivity index (χ1v) is 11.9. The van der Waals surface area contributed by atoms with E-state index in [1.54, 1.807) is 0 Å². The molecule has 2 aromatic carbocycles. The summed E-state index contributed by atoms with van der Waals surface area (Å²) in [5, 5.41) is 5.16. The molecule has 0 aliphatic carbocycles. The molecule has 2 aliphatic rings. The van der Waals surface area contributed by atoms with E-state index in [-0.39, 0.29) is 23.8 Å². The Morgan fingerprint density at radius 2 is 1.81 bits per heavy atom. The van der Waals surface area contributed by atoms with Crippen LogP contribution in [-0.2, 0) is 9.53 Å². The molecule has 0 aromatic heterocycles. The van der Waals surface area contributed by atoms with Crippen molar-refractivity contribution in [2.45, 2.75) is 32.8 Å². The summed E-state index contributed by atoms with van der Waals surface area (Å²) >= 11 is 0. The number of piperidine rings is 1. The van der Waals surface area contributed by atoms with Gasteiger partial charge in [0.25, 0.3) is 5.91 Å². The normalized spacial score (nSPS) is 20.6. The number of morpholine rings is 1. The summed E-state index contributed by atoms with van der Waals surface area (Å²) in [5.41, 5.74) is 0.742. The van der Waals surface area contributed by atoms with Gasteiger partial charge in [0.05, 0.1) is 12.7 Å². The molecule has 172 valence electrons. The van der Waals surface area contributed by atoms with Crippen LogP contribution in [0, 0.1) is 11.8 Å². The molecule has 32 heavy (non-hydrogen) atoms. The zero-order valence-corrected chi connectivity index (χ0v) is 19.3. The van der Waals surface area contributed by atoms with E-state index in [0.29, 0.717) is 38.4 Å². The van der Waals surface area contributed by atoms with Gasteiger partial charge < -0.3 is 15.0 Å². The molecule has 6 heteroatoms. The third-order valence-electron chi connectivity index (χ3n) is 6.52. The van der Waals surface area contributed by atoms with Gasteiger partial charge >= 0.3 is 0 Å². The molecule has 1 N–H and O–H groups in total. The number of hydrogen-bond acceptors (Lipinski definition) is 4. The van der Waals surface area contributed by atoms with Crippen molar-refractivity contribution in [2.24, 2.45) is 11.8 Å². The zero-order chi connectivity index (χ0) is 22.5. The molecule has 2 aromatic rings. The van der Waals surface area contributed by atoms with Crippen molar-refractivity contribution in [3.8, 4) is 0 Å². The first-order chi connectivity index (χ1) is 15.5. The fourth-order valence-corrected chi connectivity index (χ4v) is 4.87. The highest BCUT2D eigenvalue weighted by Crippen LogP contribution is 2.24. The quantitative estimate of drug-likeness (QED) is 0.754. The molecule has 2 saturated heterocycles. The molecule has 2 amide bonds. The molecular formula is C26H35N3O3. The van der Waals surface area contributed by atoms with Crippen LogP contribution in [0.15, 0.2) is 42.5 Å². The van der Waals surface area contributed by atoms with Crippen LogP contribution in [-0.4, -0.2) is 73.6 Å². The predicted molar refractivity (Wildman–Crippen MR) is 127 cm³/mol. The second kappa shape index (κ2) is 10.5. The highest BCUT2D eigenvalue weighted by Gasteiger charge is 2.29. The molecule has 0 bridgehead atoms. The maximum Gasteiger partial charge on any atom is 0.254 e. The zero-order valence-electron chi connectivity index (χ0n) is 19.3. The van der Waals surface area contributed by atoms with Crippen molar-refractivity contribution in [3.63, 3.8) is 0 Å². The Hall–Kier alpha value is -2.44. The monoisotopic (exact) mass is 437 g/mol. The fourth-order valence-electron chi connectivity index (χ4n) is 4.87. The van der Waals surface area contributed by atoms with E-state index in [2.05, 4.69) is 24.1 Å². The Balaban J connectivity index is 1.26. The van der Waals surface area contributed by atoms with E-state index >= 15 is 0 Å². The number of likely N-dealkylation sites (tertiary alicyclic amines) is 1. The van der Waals surface area contributed by atoms with Crippen molar-refractivity contribution >= 4 is 22.6 Å². The van der Waals surface area contributed by atoms with Crippen LogP contribution < -0.4 is 5.32 Å². The van der Waals surface area contributed by atoms with E-state index in [4.69, 9.17) is 4.74 Å². The van der Waals surface area contributed by atoms with Crippen LogP contribution >= 0.6 is 0 Å². The number of nitrogens with zero attached hydrogens (tertiary/aromatic N) is 2. The maximum atomic E-state index is 13.1. The molecule has 2 fully saturated rings. The molecule has 0 spiro atoms. The number of carbonyl (C=O) groups excluding carboxylic acids is 2. The van der Waals surface area contributed by atoms with Crippen LogP contribution in [0.3, 0.4) is 0 Å². The van der Waals surface area contributed by atoms with Crippen LogP contribution in [0.4, 0.5) is 0 Å². The van der Waals surface area contributed by atoms with Gasteiger partial charge in [-0.1, -0.05) is 50.2 Å². The summed E-state index contributed by atoms with van der Waals surface area (Å²) in [7, 11) is 0. The number of benzene rings is 2. The molecule has 2 heterocycles. The Kier molecular flexibility index (Phi) is 7.43. The van der Waals surface area contributed by atoms with Gasteiger partial charge in [-0.3, -0.25) is 14.5 Å². The topological polar surface area (TPSA) is 61.9 Å². The number of hydrogen-bond donors (Lipinski definition) is 1. The van der Waals surface area contributed by atoms with E-state index in [0.717, 1.165) is 42.6 Å². The number of rotatable bonds is 6. The van der Waals surface area contributed by atoms with Gasteiger partial charge in [-0.2, -0.15) is 0 Å². The van der Waals surface area contributed by atoms with Crippen LogP contribution in [0.25, 0.3) is 10.8 Å². The number of ether oxygens (including phenoxy) is 1. The second-order valence-electron chi connectivity index (χ2n) is 9.48. The number of nitrogens with one attached hydrogen (secondary N) is 1. The van der Waals surface area contributed by atoms with Crippen molar-refractivity contribution in [1.82, 2.24) is 15.1 Å². The molecule has 1 unspecified atom stereocenters. The van der Waals surface area contributed by atoms with Crippen LogP contribution in [0.5, 0.6) is 0 Å². The largest absolute Gasteiger partial charge is 0.374 e. The lowest BCUT2D eigenvalue weighted by atomic mass is 9.94. The van der Waals surface area contributed by atoms with Gasteiger partial charge in [0.2, 0.25) is 5.91 Å². The predicted octanol–water partition coefficient (Wildman–Crippen LogP) is 3.17. The van der Waals surface area contributed by atoms with Gasteiger partial charge in [-0.15, -0.1) is 0 Å². The average Bonchev–Trinajstić information content (AvgIpc) is 2.81. The minimum Gasteiger partial charge on any atom is -0.374 e. The first-order valence-electron chi connectivity index (χ1n) is 11.9. The first kappa shape index (κ1) is 22.7. The summed E-state index contributed by atoms with van der Waals surface area (Å²) in [6, 6.07) is 13.8. The number of fused-ring (bicyclic) bond motifs is 1. The summed E-state index contributed by atoms with van der Waals surface area (Å²) in [6.07, 6.45) is 1.46. The van der Waals surface area contributed by atoms with E-state index in [1.165, 1.54) is 0 Å². The van der Waals surface area contributed by atoms with Crippen molar-refractivity contribution < 1.29 is 14.3 Å². The van der Waals surface area contributed by atoms with Crippen molar-refractivity contribution in [3.05, 3.63) is 48.0 Å². The molecule has 1 atom stereocenters. The average molecular weight is 438 g/mol. The van der Waals surface area contributed by atoms with Gasteiger partial charge in [-0.25, -0.2) is 0 Å². The lowest BCUT2D eigenvalue weighted by Crippen LogP contribution is -2.50. The molecule has 6 nitrogen and oxygen atoms in total. The van der Waals surface area contributed by atoms with Gasteiger partial charge in [0.15, 0.2) is 0 Å². The Bertz CT molecular complexity index is 932. The third kappa shape index (κ3) is 5.48. The van der Waals surface area contributed by atoms with Gasteiger partial charge in [-0.05, 0) is 35.6 Å². The van der Waals surface area contributed by atoms with Crippen LogP contribution in [0.2, 0.25) is 0 Å². The summed E-state index contributed by atoms with van der Waals surface area (Å²) in [4.78, 5) is 30.2. The minimum atomic E-state index is -0.0399.